The van der Waals surface area contributed by atoms with Crippen molar-refractivity contribution in [3.8, 4) is 17.4 Å². The summed E-state index contributed by atoms with van der Waals surface area (Å²) in [5.41, 5.74) is 2.91. The van der Waals surface area contributed by atoms with Gasteiger partial charge in [-0.3, -0.25) is 4.90 Å². The van der Waals surface area contributed by atoms with E-state index in [0.29, 0.717) is 84.9 Å². The van der Waals surface area contributed by atoms with Gasteiger partial charge in [-0.05, 0) is 59.0 Å². The maximum atomic E-state index is 13.3. The van der Waals surface area contributed by atoms with Gasteiger partial charge in [0.05, 0.1) is 39.6 Å². The van der Waals surface area contributed by atoms with E-state index in [1.54, 1.807) is 47.9 Å². The number of benzene rings is 3. The van der Waals surface area contributed by atoms with Crippen LogP contribution in [0.2, 0.25) is 0 Å². The number of ether oxygens (including phenoxy) is 4. The number of aromatic nitrogens is 1. The van der Waals surface area contributed by atoms with Gasteiger partial charge in [0.25, 0.3) is 0 Å². The minimum absolute atomic E-state index is 0.0142. The molecule has 1 aliphatic heterocycles. The monoisotopic (exact) mass is 682 g/mol. The smallest absolute Gasteiger partial charge is 0.341 e. The molecule has 0 aliphatic carbocycles. The van der Waals surface area contributed by atoms with E-state index in [2.05, 4.69) is 16.0 Å². The van der Waals surface area contributed by atoms with Crippen LogP contribution in [0.4, 0.5) is 4.39 Å². The lowest BCUT2D eigenvalue weighted by Gasteiger charge is -2.36. The highest BCUT2D eigenvalue weighted by molar-refractivity contribution is 7.09. The summed E-state index contributed by atoms with van der Waals surface area (Å²) in [4.78, 5) is 21.1. The van der Waals surface area contributed by atoms with E-state index in [1.165, 1.54) is 30.4 Å². The highest BCUT2D eigenvalue weighted by Crippen LogP contribution is 2.47. The largest absolute Gasteiger partial charge is 0.507 e. The Morgan fingerprint density at radius 1 is 1.02 bits per heavy atom. The fourth-order valence-electron chi connectivity index (χ4n) is 6.34. The Labute approximate surface area is 286 Å². The molecule has 0 bridgehead atoms. The Morgan fingerprint density at radius 2 is 1.84 bits per heavy atom. The van der Waals surface area contributed by atoms with E-state index in [1.807, 2.05) is 23.6 Å². The topological polar surface area (TPSA) is 103 Å². The number of aromatic hydroxyl groups is 1. The third-order valence-corrected chi connectivity index (χ3v) is 9.66. The molecule has 1 fully saturated rings. The van der Waals surface area contributed by atoms with Crippen LogP contribution in [-0.2, 0) is 22.3 Å². The van der Waals surface area contributed by atoms with Crippen molar-refractivity contribution < 1.29 is 37.7 Å². The van der Waals surface area contributed by atoms with Crippen molar-refractivity contribution in [2.24, 2.45) is 0 Å². The molecule has 1 atom stereocenters. The van der Waals surface area contributed by atoms with Crippen LogP contribution in [-0.4, -0.2) is 67.6 Å². The van der Waals surface area contributed by atoms with Gasteiger partial charge in [-0.2, -0.15) is 0 Å². The first kappa shape index (κ1) is 32.6. The maximum Gasteiger partial charge on any atom is 0.341 e. The molecule has 0 saturated carbocycles. The number of halogens is 1. The van der Waals surface area contributed by atoms with Gasteiger partial charge in [-0.15, -0.1) is 11.3 Å². The molecule has 1 N–H and O–H groups in total. The van der Waals surface area contributed by atoms with Gasteiger partial charge in [0.15, 0.2) is 0 Å². The number of morpholine rings is 1. The summed E-state index contributed by atoms with van der Waals surface area (Å²) < 4.78 is 42.5. The van der Waals surface area contributed by atoms with E-state index < -0.39 is 12.0 Å². The summed E-state index contributed by atoms with van der Waals surface area (Å²) in [6.45, 7) is 3.02. The molecule has 3 aromatic carbocycles. The molecule has 4 heterocycles. The molecule has 1 aliphatic rings. The van der Waals surface area contributed by atoms with Gasteiger partial charge < -0.3 is 28.5 Å². The minimum Gasteiger partial charge on any atom is -0.507 e. The lowest BCUT2D eigenvalue weighted by molar-refractivity contribution is 0.0238. The van der Waals surface area contributed by atoms with E-state index in [0.717, 1.165) is 17.5 Å². The number of rotatable bonds is 12. The normalized spacial score (nSPS) is 14.2. The third kappa shape index (κ3) is 6.96. The predicted octanol–water partition coefficient (Wildman–Crippen LogP) is 7.34. The molecule has 49 heavy (non-hydrogen) atoms. The number of furan rings is 1. The zero-order valence-corrected chi connectivity index (χ0v) is 27.7. The summed E-state index contributed by atoms with van der Waals surface area (Å²) in [7, 11) is 1.32. The van der Waals surface area contributed by atoms with Crippen LogP contribution in [0.25, 0.3) is 21.7 Å². The molecule has 3 aromatic heterocycles. The highest BCUT2D eigenvalue weighted by Gasteiger charge is 2.33. The lowest BCUT2D eigenvalue weighted by atomic mass is 9.89. The second-order valence-electron chi connectivity index (χ2n) is 11.7. The molecule has 1 saturated heterocycles. The van der Waals surface area contributed by atoms with Gasteiger partial charge in [0.1, 0.15) is 34.7 Å². The number of phenols is 1. The molecular formula is C38H35FN2O7S. The predicted molar refractivity (Wildman–Crippen MR) is 184 cm³/mol. The summed E-state index contributed by atoms with van der Waals surface area (Å²) in [6.07, 6.45) is 4.42. The number of methoxy groups -OCH3 is 1. The molecule has 6 aromatic rings. The molecule has 1 unspecified atom stereocenters. The van der Waals surface area contributed by atoms with Crippen LogP contribution in [0.5, 0.6) is 17.4 Å². The van der Waals surface area contributed by atoms with Crippen molar-refractivity contribution in [1.82, 2.24) is 9.88 Å². The molecule has 0 radical (unpaired) electrons. The Bertz CT molecular complexity index is 2060. The number of esters is 1. The first-order valence-electron chi connectivity index (χ1n) is 16.1. The van der Waals surface area contributed by atoms with Gasteiger partial charge >= 0.3 is 5.97 Å². The second-order valence-corrected chi connectivity index (χ2v) is 12.7. The zero-order valence-electron chi connectivity index (χ0n) is 26.9. The van der Waals surface area contributed by atoms with Gasteiger partial charge in [0.2, 0.25) is 5.88 Å². The number of nitrogens with zero attached hydrogens (tertiary/aromatic N) is 2. The highest BCUT2D eigenvalue weighted by atomic mass is 32.1. The van der Waals surface area contributed by atoms with Crippen LogP contribution in [0.3, 0.4) is 0 Å². The molecular weight excluding hydrogens is 647 g/mol. The van der Waals surface area contributed by atoms with E-state index >= 15 is 0 Å². The third-order valence-electron chi connectivity index (χ3n) is 8.72. The first-order chi connectivity index (χ1) is 24.0. The quantitative estimate of drug-likeness (QED) is 0.133. The zero-order chi connectivity index (χ0) is 33.7. The number of carbonyl (C=O) groups excluding carboxylic acids is 1. The van der Waals surface area contributed by atoms with Crippen LogP contribution in [0, 0.1) is 5.82 Å². The Kier molecular flexibility index (Phi) is 9.74. The summed E-state index contributed by atoms with van der Waals surface area (Å²) >= 11 is 1.68. The maximum absolute atomic E-state index is 13.3. The van der Waals surface area contributed by atoms with Crippen LogP contribution < -0.4 is 9.47 Å². The number of fused-ring (bicyclic) bond motifs is 3. The molecule has 0 amide bonds. The van der Waals surface area contributed by atoms with Crippen molar-refractivity contribution in [3.63, 3.8) is 0 Å². The average molecular weight is 683 g/mol. The van der Waals surface area contributed by atoms with E-state index in [-0.39, 0.29) is 17.1 Å². The van der Waals surface area contributed by atoms with Crippen molar-refractivity contribution >= 4 is 39.0 Å². The van der Waals surface area contributed by atoms with Crippen LogP contribution in [0.15, 0.2) is 89.0 Å². The van der Waals surface area contributed by atoms with E-state index in [4.69, 9.17) is 23.4 Å². The molecule has 11 heteroatoms. The fourth-order valence-corrected chi connectivity index (χ4v) is 7.03. The standard InChI is InChI=1S/C38H35FN2O7S/c1-44-38(43)31-23-48-37-30-22-27(46-16-11-24-4-6-26(39)7-5-24)8-9-29(30)36(42)34(33(31)37)35(41-14-18-45-19-15-41)25-10-13-40-32(21-25)47-17-12-28-3-2-20-49-28/h2-10,13,20-23,35,42H,11-12,14-19H2,1H3. The average Bonchev–Trinajstić information content (AvgIpc) is 3.82. The summed E-state index contributed by atoms with van der Waals surface area (Å²) in [5, 5.41) is 15.8. The lowest BCUT2D eigenvalue weighted by Crippen LogP contribution is -2.39. The minimum atomic E-state index is -0.585. The van der Waals surface area contributed by atoms with Crippen molar-refractivity contribution in [1.29, 1.82) is 0 Å². The summed E-state index contributed by atoms with van der Waals surface area (Å²) in [5.74, 6) is 0.165. The number of thiophene rings is 1. The molecule has 0 spiro atoms. The van der Waals surface area contributed by atoms with Crippen molar-refractivity contribution in [3.05, 3.63) is 118 Å². The SMILES string of the molecule is COC(=O)c1coc2c1c(C(c1ccnc(OCCc3cccs3)c1)N1CCOCC1)c(O)c1ccc(OCCc3ccc(F)cc3)cc12. The number of carbonyl (C=O) groups is 1. The van der Waals surface area contributed by atoms with Gasteiger partial charge in [0, 0.05) is 64.8 Å². The second kappa shape index (κ2) is 14.7. The van der Waals surface area contributed by atoms with Gasteiger partial charge in [-0.1, -0.05) is 18.2 Å². The Morgan fingerprint density at radius 3 is 2.61 bits per heavy atom. The number of hydrogen-bond acceptors (Lipinski definition) is 10. The number of hydrogen-bond donors (Lipinski definition) is 1. The van der Waals surface area contributed by atoms with E-state index in [9.17, 15) is 14.3 Å². The molecule has 252 valence electrons. The molecule has 9 nitrogen and oxygen atoms in total. The van der Waals surface area contributed by atoms with Crippen molar-refractivity contribution in [2.45, 2.75) is 18.9 Å². The van der Waals surface area contributed by atoms with Gasteiger partial charge in [-0.25, -0.2) is 14.2 Å². The molecule has 7 rings (SSSR count). The van der Waals surface area contributed by atoms with Crippen LogP contribution in [0.1, 0.15) is 38.0 Å². The fraction of sp³-hybridized carbons (Fsp3) is 0.263. The first-order valence-corrected chi connectivity index (χ1v) is 17.0. The Hall–Kier alpha value is -4.97. The Balaban J connectivity index is 1.30. The number of pyridine rings is 1. The summed E-state index contributed by atoms with van der Waals surface area (Å²) in [6, 6.07) is 19.1. The number of phenolic OH excluding ortho intramolecular Hbond substituents is 1. The van der Waals surface area contributed by atoms with Crippen LogP contribution >= 0.6 is 11.3 Å². The van der Waals surface area contributed by atoms with Crippen molar-refractivity contribution in [2.75, 3.05) is 46.6 Å².